The Morgan fingerprint density at radius 3 is 2.00 bits per heavy atom. The number of halogens is 3. The molecule has 0 radical (unpaired) electrons. The highest BCUT2D eigenvalue weighted by molar-refractivity contribution is 14.1. The maximum atomic E-state index is 13.0. The summed E-state index contributed by atoms with van der Waals surface area (Å²) >= 11 is 1.93. The van der Waals surface area contributed by atoms with Crippen molar-refractivity contribution in [2.75, 3.05) is 0 Å². The molecule has 15 heavy (non-hydrogen) atoms. The van der Waals surface area contributed by atoms with Crippen molar-refractivity contribution >= 4 is 22.6 Å². The van der Waals surface area contributed by atoms with Crippen LogP contribution in [0.1, 0.15) is 0 Å². The number of hydrogen-bond acceptors (Lipinski definition) is 0. The first-order chi connectivity index (χ1) is 7.16. The van der Waals surface area contributed by atoms with E-state index in [9.17, 15) is 8.78 Å². The Balaban J connectivity index is 2.45. The van der Waals surface area contributed by atoms with Crippen molar-refractivity contribution in [3.8, 4) is 11.1 Å². The molecule has 0 atom stereocenters. The predicted octanol–water partition coefficient (Wildman–Crippen LogP) is 4.24. The summed E-state index contributed by atoms with van der Waals surface area (Å²) in [5.41, 5.74) is 1.77. The van der Waals surface area contributed by atoms with Gasteiger partial charge in [0.1, 0.15) is 11.6 Å². The van der Waals surface area contributed by atoms with Gasteiger partial charge in [-0.1, -0.05) is 18.2 Å². The topological polar surface area (TPSA) is 0 Å². The molecule has 0 aliphatic heterocycles. The van der Waals surface area contributed by atoms with E-state index in [2.05, 4.69) is 0 Å². The van der Waals surface area contributed by atoms with Crippen LogP contribution in [0.25, 0.3) is 11.1 Å². The van der Waals surface area contributed by atoms with Crippen molar-refractivity contribution in [1.82, 2.24) is 0 Å². The zero-order valence-electron chi connectivity index (χ0n) is 7.68. The van der Waals surface area contributed by atoms with E-state index in [-0.39, 0.29) is 11.6 Å². The zero-order valence-corrected chi connectivity index (χ0v) is 9.83. The number of hydrogen-bond donors (Lipinski definition) is 0. The predicted molar refractivity (Wildman–Crippen MR) is 64.5 cm³/mol. The molecule has 2 aromatic rings. The van der Waals surface area contributed by atoms with Crippen LogP contribution >= 0.6 is 22.6 Å². The first-order valence-electron chi connectivity index (χ1n) is 4.38. The van der Waals surface area contributed by atoms with Crippen molar-refractivity contribution in [1.29, 1.82) is 0 Å². The van der Waals surface area contributed by atoms with Crippen LogP contribution in [-0.2, 0) is 0 Å². The summed E-state index contributed by atoms with van der Waals surface area (Å²) in [5, 5.41) is 0. The van der Waals surface area contributed by atoms with Crippen LogP contribution in [0.5, 0.6) is 0 Å². The average molecular weight is 316 g/mol. The molecule has 0 saturated carbocycles. The molecule has 0 saturated heterocycles. The lowest BCUT2D eigenvalue weighted by atomic mass is 10.1. The summed E-state index contributed by atoms with van der Waals surface area (Å²) < 4.78 is 26.3. The summed E-state index contributed by atoms with van der Waals surface area (Å²) in [6.07, 6.45) is 0. The molecule has 0 aliphatic rings. The third kappa shape index (κ3) is 2.34. The van der Waals surface area contributed by atoms with Gasteiger partial charge in [0, 0.05) is 3.57 Å². The fourth-order valence-electron chi connectivity index (χ4n) is 1.32. The summed E-state index contributed by atoms with van der Waals surface area (Å²) in [6, 6.07) is 11.0. The van der Waals surface area contributed by atoms with Crippen LogP contribution in [-0.4, -0.2) is 0 Å². The molecule has 2 rings (SSSR count). The van der Waals surface area contributed by atoms with Crippen molar-refractivity contribution < 1.29 is 8.78 Å². The van der Waals surface area contributed by atoms with E-state index in [1.807, 2.05) is 22.6 Å². The SMILES string of the molecule is Fc1ccc(-c2ccc(F)c(I)c2)cc1. The molecule has 0 spiro atoms. The van der Waals surface area contributed by atoms with E-state index in [1.54, 1.807) is 24.3 Å². The molecule has 0 heterocycles. The smallest absolute Gasteiger partial charge is 0.136 e. The molecule has 0 bridgehead atoms. The van der Waals surface area contributed by atoms with Crippen LogP contribution < -0.4 is 0 Å². The number of rotatable bonds is 1. The van der Waals surface area contributed by atoms with Gasteiger partial charge >= 0.3 is 0 Å². The Labute approximate surface area is 100 Å². The van der Waals surface area contributed by atoms with Gasteiger partial charge in [-0.3, -0.25) is 0 Å². The van der Waals surface area contributed by atoms with Crippen molar-refractivity contribution in [3.05, 3.63) is 57.7 Å². The molecule has 0 aromatic heterocycles. The maximum absolute atomic E-state index is 13.0. The lowest BCUT2D eigenvalue weighted by Crippen LogP contribution is -1.84. The summed E-state index contributed by atoms with van der Waals surface area (Å²) in [7, 11) is 0. The van der Waals surface area contributed by atoms with Crippen LogP contribution in [0.15, 0.2) is 42.5 Å². The summed E-state index contributed by atoms with van der Waals surface area (Å²) in [6.45, 7) is 0. The van der Waals surface area contributed by atoms with E-state index < -0.39 is 0 Å². The summed E-state index contributed by atoms with van der Waals surface area (Å²) in [4.78, 5) is 0. The van der Waals surface area contributed by atoms with Crippen LogP contribution in [0.2, 0.25) is 0 Å². The Morgan fingerprint density at radius 2 is 1.40 bits per heavy atom. The molecule has 0 N–H and O–H groups in total. The fourth-order valence-corrected chi connectivity index (χ4v) is 1.83. The second-order valence-electron chi connectivity index (χ2n) is 3.14. The molecule has 2 aromatic carbocycles. The van der Waals surface area contributed by atoms with E-state index in [1.165, 1.54) is 18.2 Å². The zero-order chi connectivity index (χ0) is 10.8. The molecule has 0 amide bonds. The first kappa shape index (κ1) is 10.5. The van der Waals surface area contributed by atoms with Gasteiger partial charge in [-0.2, -0.15) is 0 Å². The van der Waals surface area contributed by atoms with Crippen LogP contribution in [0, 0.1) is 15.2 Å². The van der Waals surface area contributed by atoms with Crippen molar-refractivity contribution in [2.45, 2.75) is 0 Å². The quantitative estimate of drug-likeness (QED) is 0.691. The third-order valence-electron chi connectivity index (χ3n) is 2.10. The second-order valence-corrected chi connectivity index (χ2v) is 4.30. The highest BCUT2D eigenvalue weighted by Gasteiger charge is 2.02. The minimum atomic E-state index is -0.268. The highest BCUT2D eigenvalue weighted by atomic mass is 127. The lowest BCUT2D eigenvalue weighted by molar-refractivity contribution is 0.620. The average Bonchev–Trinajstić information content (AvgIpc) is 2.23. The molecule has 0 unspecified atom stereocenters. The Bertz CT molecular complexity index is 477. The van der Waals surface area contributed by atoms with Gasteiger partial charge in [-0.15, -0.1) is 0 Å². The van der Waals surface area contributed by atoms with Crippen LogP contribution in [0.4, 0.5) is 8.78 Å². The van der Waals surface area contributed by atoms with E-state index in [0.29, 0.717) is 3.57 Å². The van der Waals surface area contributed by atoms with E-state index in [4.69, 9.17) is 0 Å². The highest BCUT2D eigenvalue weighted by Crippen LogP contribution is 2.23. The van der Waals surface area contributed by atoms with E-state index in [0.717, 1.165) is 11.1 Å². The molecule has 0 aliphatic carbocycles. The van der Waals surface area contributed by atoms with Gasteiger partial charge in [0.05, 0.1) is 0 Å². The Hall–Kier alpha value is -0.970. The van der Waals surface area contributed by atoms with Gasteiger partial charge in [-0.05, 0) is 58.0 Å². The minimum Gasteiger partial charge on any atom is -0.207 e. The van der Waals surface area contributed by atoms with Gasteiger partial charge in [0.15, 0.2) is 0 Å². The van der Waals surface area contributed by atoms with Gasteiger partial charge in [-0.25, -0.2) is 8.78 Å². The molecule has 0 nitrogen and oxygen atoms in total. The molecular weight excluding hydrogens is 309 g/mol. The summed E-state index contributed by atoms with van der Waals surface area (Å²) in [5.74, 6) is -0.503. The van der Waals surface area contributed by atoms with Gasteiger partial charge in [0.25, 0.3) is 0 Å². The standard InChI is InChI=1S/C12H7F2I/c13-10-4-1-8(2-5-10)9-3-6-11(14)12(15)7-9/h1-7H. The van der Waals surface area contributed by atoms with Crippen molar-refractivity contribution in [2.24, 2.45) is 0 Å². The molecule has 0 fully saturated rings. The lowest BCUT2D eigenvalue weighted by Gasteiger charge is -2.02. The normalized spacial score (nSPS) is 10.3. The molecule has 3 heteroatoms. The maximum Gasteiger partial charge on any atom is 0.136 e. The van der Waals surface area contributed by atoms with Crippen molar-refractivity contribution in [3.63, 3.8) is 0 Å². The Kier molecular flexibility index (Phi) is 3.00. The third-order valence-corrected chi connectivity index (χ3v) is 2.92. The van der Waals surface area contributed by atoms with Crippen LogP contribution in [0.3, 0.4) is 0 Å². The molecule has 76 valence electrons. The van der Waals surface area contributed by atoms with Gasteiger partial charge in [0.2, 0.25) is 0 Å². The molecular formula is C12H7F2I. The van der Waals surface area contributed by atoms with Gasteiger partial charge < -0.3 is 0 Å². The minimum absolute atomic E-state index is 0.235. The largest absolute Gasteiger partial charge is 0.207 e. The monoisotopic (exact) mass is 316 g/mol. The fraction of sp³-hybridized carbons (Fsp3) is 0. The Morgan fingerprint density at radius 1 is 0.800 bits per heavy atom. The second kappa shape index (κ2) is 4.26. The number of benzene rings is 2. The van der Waals surface area contributed by atoms with E-state index >= 15 is 0 Å². The first-order valence-corrected chi connectivity index (χ1v) is 5.46.